The first kappa shape index (κ1) is 23.2. The van der Waals surface area contributed by atoms with Crippen molar-refractivity contribution in [2.24, 2.45) is 7.05 Å². The number of nitrogens with one attached hydrogen (secondary N) is 1. The lowest BCUT2D eigenvalue weighted by Gasteiger charge is -2.43. The molecule has 0 spiro atoms. The summed E-state index contributed by atoms with van der Waals surface area (Å²) in [5, 5.41) is 3.70. The van der Waals surface area contributed by atoms with E-state index in [0.717, 1.165) is 46.6 Å². The van der Waals surface area contributed by atoms with E-state index in [2.05, 4.69) is 61.5 Å². The lowest BCUT2D eigenvalue weighted by molar-refractivity contribution is 0.102. The summed E-state index contributed by atoms with van der Waals surface area (Å²) in [7, 11) is 10.9. The molecule has 1 fully saturated rings. The second-order valence-electron chi connectivity index (χ2n) is 10.5. The van der Waals surface area contributed by atoms with Gasteiger partial charge in [-0.05, 0) is 48.6 Å². The van der Waals surface area contributed by atoms with Gasteiger partial charge in [0.05, 0.1) is 17.4 Å². The van der Waals surface area contributed by atoms with Gasteiger partial charge < -0.3 is 9.47 Å². The van der Waals surface area contributed by atoms with Gasteiger partial charge in [-0.2, -0.15) is 0 Å². The normalized spacial score (nSPS) is 16.5. The molecule has 1 amide bonds. The highest BCUT2D eigenvalue weighted by atomic mass is 16.1. The minimum atomic E-state index is -0.263. The molecule has 8 nitrogen and oxygen atoms in total. The van der Waals surface area contributed by atoms with Crippen molar-refractivity contribution in [2.45, 2.75) is 30.4 Å². The molecule has 1 aliphatic rings. The Labute approximate surface area is 208 Å². The number of rotatable bonds is 4. The van der Waals surface area contributed by atoms with Crippen LogP contribution in [0, 0.1) is 6.92 Å². The van der Waals surface area contributed by atoms with Crippen molar-refractivity contribution in [3.05, 3.63) is 60.3 Å². The summed E-state index contributed by atoms with van der Waals surface area (Å²) in [5.41, 5.74) is 3.29. The number of amides is 1. The monoisotopic (exact) mass is 461 g/mol. The Kier molecular flexibility index (Phi) is 5.49. The van der Waals surface area contributed by atoms with Crippen LogP contribution in [0.25, 0.3) is 22.2 Å². The highest BCUT2D eigenvalue weighted by molar-refractivity contribution is 6.48. The van der Waals surface area contributed by atoms with Crippen molar-refractivity contribution in [2.75, 3.05) is 10.2 Å². The maximum Gasteiger partial charge on any atom is 0.258 e. The van der Waals surface area contributed by atoms with Crippen LogP contribution in [0.1, 0.15) is 29.0 Å². The summed E-state index contributed by atoms with van der Waals surface area (Å²) < 4.78 is 2.04. The van der Waals surface area contributed by atoms with Crippen molar-refractivity contribution < 1.29 is 4.79 Å². The largest absolute Gasteiger partial charge is 0.377 e. The molecule has 0 aliphatic carbocycles. The number of anilines is 2. The predicted octanol–water partition coefficient (Wildman–Crippen LogP) is -0.574. The molecule has 0 atom stereocenters. The fourth-order valence-corrected chi connectivity index (χ4v) is 5.14. The average molecular weight is 461 g/mol. The molecule has 35 heavy (non-hydrogen) atoms. The SMILES string of the molecule is BC1(B)CCC(B)(B)N1c1cc(C(=O)Nc2ncc3ccc(-c4cnc(C)n4C)cc3n2)ccn1. The molecule has 0 bridgehead atoms. The van der Waals surface area contributed by atoms with E-state index in [9.17, 15) is 4.79 Å². The number of imidazole rings is 1. The third-order valence-electron chi connectivity index (χ3n) is 7.12. The highest BCUT2D eigenvalue weighted by Crippen LogP contribution is 2.37. The first-order chi connectivity index (χ1) is 16.5. The van der Waals surface area contributed by atoms with E-state index in [-0.39, 0.29) is 22.5 Å². The van der Waals surface area contributed by atoms with Crippen molar-refractivity contribution >= 4 is 60.0 Å². The van der Waals surface area contributed by atoms with Crippen LogP contribution >= 0.6 is 0 Å². The van der Waals surface area contributed by atoms with Gasteiger partial charge in [0.25, 0.3) is 5.91 Å². The fourth-order valence-electron chi connectivity index (χ4n) is 5.14. The summed E-state index contributed by atoms with van der Waals surface area (Å²) in [5.74, 6) is 1.75. The molecule has 0 saturated carbocycles. The van der Waals surface area contributed by atoms with E-state index in [1.807, 2.05) is 49.0 Å². The topological polar surface area (TPSA) is 88.8 Å². The Morgan fingerprint density at radius 3 is 2.43 bits per heavy atom. The number of carbonyl (C=O) groups excluding carboxylic acids is 1. The second kappa shape index (κ2) is 8.29. The molecule has 4 heterocycles. The third kappa shape index (κ3) is 4.22. The Balaban J connectivity index is 1.42. The van der Waals surface area contributed by atoms with Crippen LogP contribution in [0.3, 0.4) is 0 Å². The van der Waals surface area contributed by atoms with E-state index < -0.39 is 0 Å². The molecule has 172 valence electrons. The van der Waals surface area contributed by atoms with Gasteiger partial charge in [0.1, 0.15) is 43.0 Å². The average Bonchev–Trinajstić information content (AvgIpc) is 3.26. The number of nitrogens with zero attached hydrogens (tertiary/aromatic N) is 6. The minimum absolute atomic E-state index is 0.0306. The summed E-state index contributed by atoms with van der Waals surface area (Å²) in [6, 6.07) is 9.57. The number of aromatic nitrogens is 5. The van der Waals surface area contributed by atoms with E-state index in [1.165, 1.54) is 0 Å². The molecule has 1 N–H and O–H groups in total. The highest BCUT2D eigenvalue weighted by Gasteiger charge is 2.44. The molecular formula is C23H27B4N7O. The number of pyridine rings is 1. The lowest BCUT2D eigenvalue weighted by Crippen LogP contribution is -2.56. The maximum absolute atomic E-state index is 13.1. The van der Waals surface area contributed by atoms with Gasteiger partial charge >= 0.3 is 0 Å². The molecule has 0 radical (unpaired) electrons. The molecule has 1 saturated heterocycles. The molecule has 1 aromatic carbocycles. The third-order valence-corrected chi connectivity index (χ3v) is 7.12. The summed E-state index contributed by atoms with van der Waals surface area (Å²) in [6.45, 7) is 1.97. The van der Waals surface area contributed by atoms with E-state index in [4.69, 9.17) is 0 Å². The van der Waals surface area contributed by atoms with Gasteiger partial charge in [-0.1, -0.05) is 12.1 Å². The fraction of sp³-hybridized carbons (Fsp3) is 0.261. The summed E-state index contributed by atoms with van der Waals surface area (Å²) in [6.07, 6.45) is 7.42. The van der Waals surface area contributed by atoms with Crippen molar-refractivity contribution in [1.29, 1.82) is 0 Å². The van der Waals surface area contributed by atoms with Crippen LogP contribution in [0.5, 0.6) is 0 Å². The molecular weight excluding hydrogens is 434 g/mol. The Morgan fingerprint density at radius 1 is 1.00 bits per heavy atom. The van der Waals surface area contributed by atoms with Crippen LogP contribution in [0.4, 0.5) is 11.8 Å². The van der Waals surface area contributed by atoms with Gasteiger partial charge in [0.15, 0.2) is 0 Å². The van der Waals surface area contributed by atoms with Crippen molar-refractivity contribution in [3.63, 3.8) is 0 Å². The Bertz CT molecular complexity index is 1440. The molecule has 3 aromatic heterocycles. The van der Waals surface area contributed by atoms with E-state index in [0.29, 0.717) is 5.56 Å². The first-order valence-electron chi connectivity index (χ1n) is 11.9. The lowest BCUT2D eigenvalue weighted by atomic mass is 9.58. The first-order valence-corrected chi connectivity index (χ1v) is 11.9. The van der Waals surface area contributed by atoms with Gasteiger partial charge in [-0.15, -0.1) is 0 Å². The number of carbonyl (C=O) groups is 1. The van der Waals surface area contributed by atoms with Crippen LogP contribution in [-0.4, -0.2) is 72.5 Å². The minimum Gasteiger partial charge on any atom is -0.377 e. The van der Waals surface area contributed by atoms with Crippen LogP contribution in [-0.2, 0) is 7.05 Å². The smallest absolute Gasteiger partial charge is 0.258 e. The van der Waals surface area contributed by atoms with Crippen molar-refractivity contribution in [3.8, 4) is 11.3 Å². The zero-order valence-electron chi connectivity index (χ0n) is 21.1. The number of hydrogen-bond acceptors (Lipinski definition) is 6. The van der Waals surface area contributed by atoms with Crippen LogP contribution in [0.15, 0.2) is 48.9 Å². The standard InChI is InChI=1S/C23H27B4N7O/c1-13-29-12-18(33(13)2)14-3-4-16-11-30-21(31-17(16)9-14)32-20(35)15-5-8-28-19(10-15)34-22(24,25)6-7-23(34,26)27/h3-5,8-12H,6-7,24-27H2,1-2H3,(H,30,31,32,35). The Hall–Kier alpha value is -3.55. The maximum atomic E-state index is 13.1. The van der Waals surface area contributed by atoms with Gasteiger partial charge in [-0.25, -0.2) is 19.9 Å². The molecule has 4 aromatic rings. The number of aryl methyl sites for hydroxylation is 1. The molecule has 12 heteroatoms. The zero-order valence-corrected chi connectivity index (χ0v) is 21.1. The van der Waals surface area contributed by atoms with Crippen molar-refractivity contribution in [1.82, 2.24) is 24.5 Å². The molecule has 5 rings (SSSR count). The number of benzene rings is 1. The zero-order chi connectivity index (χ0) is 25.0. The Morgan fingerprint density at radius 2 is 1.74 bits per heavy atom. The van der Waals surface area contributed by atoms with E-state index >= 15 is 0 Å². The summed E-state index contributed by atoms with van der Waals surface area (Å²) >= 11 is 0. The quantitative estimate of drug-likeness (QED) is 0.410. The summed E-state index contributed by atoms with van der Waals surface area (Å²) in [4.78, 5) is 33.4. The van der Waals surface area contributed by atoms with Gasteiger partial charge in [-0.3, -0.25) is 10.1 Å². The van der Waals surface area contributed by atoms with Gasteiger partial charge in [0, 0.05) is 36.0 Å². The molecule has 1 aliphatic heterocycles. The number of fused-ring (bicyclic) bond motifs is 1. The van der Waals surface area contributed by atoms with Gasteiger partial charge in [0.2, 0.25) is 5.95 Å². The predicted molar refractivity (Wildman–Crippen MR) is 150 cm³/mol. The molecule has 0 unspecified atom stereocenters. The van der Waals surface area contributed by atoms with E-state index in [1.54, 1.807) is 18.5 Å². The number of hydrogen-bond donors (Lipinski definition) is 1. The second-order valence-corrected chi connectivity index (χ2v) is 10.5. The van der Waals surface area contributed by atoms with Crippen LogP contribution < -0.4 is 10.2 Å². The van der Waals surface area contributed by atoms with Crippen LogP contribution in [0.2, 0.25) is 0 Å².